The second-order valence-corrected chi connectivity index (χ2v) is 14.4. The number of carbonyl (C=O) groups is 1. The summed E-state index contributed by atoms with van der Waals surface area (Å²) in [7, 11) is -0.398. The third-order valence-corrected chi connectivity index (χ3v) is 8.82. The molecule has 0 saturated carbocycles. The van der Waals surface area contributed by atoms with Gasteiger partial charge >= 0.3 is 0 Å². The van der Waals surface area contributed by atoms with Crippen LogP contribution in [0.3, 0.4) is 0 Å². The van der Waals surface area contributed by atoms with E-state index in [1.807, 2.05) is 51.0 Å². The maximum Gasteiger partial charge on any atom is 0.264 e. The van der Waals surface area contributed by atoms with Crippen LogP contribution in [0.4, 0.5) is 11.8 Å². The molecule has 0 unspecified atom stereocenters. The first kappa shape index (κ1) is 31.8. The molecule has 1 atom stereocenters. The Morgan fingerprint density at radius 3 is 2.40 bits per heavy atom. The van der Waals surface area contributed by atoms with Gasteiger partial charge in [0, 0.05) is 37.5 Å². The van der Waals surface area contributed by atoms with Gasteiger partial charge in [0.2, 0.25) is 11.8 Å². The lowest BCUT2D eigenvalue weighted by atomic mass is 9.87. The first-order valence-corrected chi connectivity index (χ1v) is 16.2. The Hall–Kier alpha value is -4.58. The minimum absolute atomic E-state index is 0.0858. The molecule has 1 amide bonds. The van der Waals surface area contributed by atoms with Crippen molar-refractivity contribution in [3.63, 3.8) is 0 Å². The summed E-state index contributed by atoms with van der Waals surface area (Å²) in [6.07, 6.45) is 2.23. The topological polar surface area (TPSA) is 131 Å². The summed E-state index contributed by atoms with van der Waals surface area (Å²) in [5.74, 6) is 0.846. The van der Waals surface area contributed by atoms with Gasteiger partial charge in [-0.3, -0.25) is 4.79 Å². The van der Waals surface area contributed by atoms with Gasteiger partial charge in [-0.2, -0.15) is 4.98 Å². The normalized spacial score (nSPS) is 16.5. The van der Waals surface area contributed by atoms with E-state index < -0.39 is 16.1 Å². The number of hydrogen-bond donors (Lipinski definition) is 1. The van der Waals surface area contributed by atoms with E-state index in [2.05, 4.69) is 45.4 Å². The highest BCUT2D eigenvalue weighted by Crippen LogP contribution is 2.31. The predicted octanol–water partition coefficient (Wildman–Crippen LogP) is 5.26. The number of rotatable bonds is 5. The maximum absolute atomic E-state index is 14.3. The Labute approximate surface area is 264 Å². The van der Waals surface area contributed by atoms with E-state index in [4.69, 9.17) is 4.74 Å². The quantitative estimate of drug-likeness (QED) is 0.314. The van der Waals surface area contributed by atoms with Crippen molar-refractivity contribution in [1.29, 1.82) is 0 Å². The first-order chi connectivity index (χ1) is 21.2. The molecule has 2 aromatic heterocycles. The zero-order valence-electron chi connectivity index (χ0n) is 26.7. The lowest BCUT2D eigenvalue weighted by Gasteiger charge is -2.35. The summed E-state index contributed by atoms with van der Waals surface area (Å²) in [5, 5.41) is 0. The minimum Gasteiger partial charge on any atom is -0.475 e. The molecule has 0 aliphatic carbocycles. The van der Waals surface area contributed by atoms with E-state index in [1.165, 1.54) is 12.1 Å². The lowest BCUT2D eigenvalue weighted by Crippen LogP contribution is -2.45. The number of carbonyl (C=O) groups excluding carboxylic acids is 1. The van der Waals surface area contributed by atoms with E-state index in [1.54, 1.807) is 35.4 Å². The highest BCUT2D eigenvalue weighted by Gasteiger charge is 2.32. The zero-order chi connectivity index (χ0) is 32.5. The van der Waals surface area contributed by atoms with Crippen LogP contribution in [0.2, 0.25) is 0 Å². The summed E-state index contributed by atoms with van der Waals surface area (Å²) in [5.41, 5.74) is 3.34. The van der Waals surface area contributed by atoms with Gasteiger partial charge in [-0.1, -0.05) is 45.0 Å². The summed E-state index contributed by atoms with van der Waals surface area (Å²) in [6, 6.07) is 14.9. The van der Waals surface area contributed by atoms with Gasteiger partial charge in [0.05, 0.1) is 23.2 Å². The Bertz CT molecular complexity index is 1820. The zero-order valence-corrected chi connectivity index (χ0v) is 27.5. The molecule has 1 aliphatic rings. The molecule has 1 aliphatic heterocycles. The van der Waals surface area contributed by atoms with Crippen molar-refractivity contribution in [3.8, 4) is 17.1 Å². The monoisotopic (exact) mass is 629 g/mol. The van der Waals surface area contributed by atoms with E-state index in [0.717, 1.165) is 16.7 Å². The number of amides is 1. The SMILES string of the molecule is Cc1cccc(C)c1-c1cc2nc(n1)NS(=O)(=O)c1cccc(c1)C(=O)N(Cc1nccc(N(C)C)n1)[C@H](CC(C)(C)C)CO2. The van der Waals surface area contributed by atoms with Gasteiger partial charge < -0.3 is 14.5 Å². The molecular weight excluding hydrogens is 590 g/mol. The van der Waals surface area contributed by atoms with Crippen molar-refractivity contribution >= 4 is 27.7 Å². The minimum atomic E-state index is -4.17. The number of anilines is 2. The Kier molecular flexibility index (Phi) is 8.79. The third-order valence-electron chi connectivity index (χ3n) is 7.49. The van der Waals surface area contributed by atoms with Gasteiger partial charge in [-0.25, -0.2) is 28.1 Å². The fraction of sp³-hybridized carbons (Fsp3) is 0.364. The number of aryl methyl sites for hydroxylation is 2. The Morgan fingerprint density at radius 2 is 1.71 bits per heavy atom. The van der Waals surface area contributed by atoms with Gasteiger partial charge in [0.15, 0.2) is 0 Å². The molecule has 12 heteroatoms. The second kappa shape index (κ2) is 12.4. The van der Waals surface area contributed by atoms with Gasteiger partial charge in [-0.15, -0.1) is 0 Å². The fourth-order valence-corrected chi connectivity index (χ4v) is 6.40. The van der Waals surface area contributed by atoms with Gasteiger partial charge in [0.1, 0.15) is 18.2 Å². The standard InChI is InChI=1S/C33H39N7O4S/c1-21-10-8-11-22(2)30(21)26-17-29-37-32(35-26)38-45(42,43)25-13-9-12-23(16-25)31(41)40(24(20-44-29)18-33(3,4)5)19-27-34-15-14-28(36-27)39(6)7/h8-17,24H,18-20H2,1-7H3,(H,35,37,38)/t24-/m1/s1. The van der Waals surface area contributed by atoms with Crippen molar-refractivity contribution in [2.75, 3.05) is 30.3 Å². The average Bonchev–Trinajstić information content (AvgIpc) is 2.97. The number of aromatic nitrogens is 4. The molecule has 236 valence electrons. The van der Waals surface area contributed by atoms with Crippen LogP contribution in [0.1, 0.15) is 54.5 Å². The molecular formula is C33H39N7O4S. The number of ether oxygens (including phenoxy) is 1. The van der Waals surface area contributed by atoms with Crippen LogP contribution in [0.5, 0.6) is 5.88 Å². The Morgan fingerprint density at radius 1 is 1.00 bits per heavy atom. The number of nitrogens with one attached hydrogen (secondary N) is 1. The Balaban J connectivity index is 1.68. The highest BCUT2D eigenvalue weighted by molar-refractivity contribution is 7.92. The molecule has 4 bridgehead atoms. The number of hydrogen-bond acceptors (Lipinski definition) is 9. The van der Waals surface area contributed by atoms with Crippen LogP contribution in [-0.4, -0.2) is 65.9 Å². The van der Waals surface area contributed by atoms with Crippen molar-refractivity contribution < 1.29 is 17.9 Å². The van der Waals surface area contributed by atoms with Crippen LogP contribution in [0.15, 0.2) is 65.7 Å². The summed E-state index contributed by atoms with van der Waals surface area (Å²) < 4.78 is 36.1. The van der Waals surface area contributed by atoms with Gasteiger partial charge in [-0.05, 0) is 61.1 Å². The third kappa shape index (κ3) is 7.39. The molecule has 5 rings (SSSR count). The molecule has 3 heterocycles. The molecule has 4 aromatic rings. The summed E-state index contributed by atoms with van der Waals surface area (Å²) in [6.45, 7) is 10.4. The van der Waals surface area contributed by atoms with Crippen LogP contribution >= 0.6 is 0 Å². The average molecular weight is 630 g/mol. The molecule has 11 nitrogen and oxygen atoms in total. The maximum atomic E-state index is 14.3. The number of fused-ring (bicyclic) bond motifs is 4. The van der Waals surface area contributed by atoms with Crippen molar-refractivity contribution in [3.05, 3.63) is 83.3 Å². The van der Waals surface area contributed by atoms with Crippen LogP contribution in [0, 0.1) is 19.3 Å². The number of sulfonamides is 1. The molecule has 1 N–H and O–H groups in total. The molecule has 0 fully saturated rings. The molecule has 2 aromatic carbocycles. The predicted molar refractivity (Wildman–Crippen MR) is 174 cm³/mol. The first-order valence-electron chi connectivity index (χ1n) is 14.7. The molecule has 45 heavy (non-hydrogen) atoms. The number of benzene rings is 2. The smallest absolute Gasteiger partial charge is 0.264 e. The molecule has 0 saturated heterocycles. The van der Waals surface area contributed by atoms with Crippen molar-refractivity contribution in [2.45, 2.75) is 58.5 Å². The van der Waals surface area contributed by atoms with Crippen LogP contribution in [0.25, 0.3) is 11.3 Å². The van der Waals surface area contributed by atoms with E-state index in [-0.39, 0.29) is 46.8 Å². The molecule has 0 radical (unpaired) electrons. The lowest BCUT2D eigenvalue weighted by molar-refractivity contribution is 0.0505. The highest BCUT2D eigenvalue weighted by atomic mass is 32.2. The van der Waals surface area contributed by atoms with Crippen LogP contribution in [-0.2, 0) is 16.6 Å². The number of nitrogens with zero attached hydrogens (tertiary/aromatic N) is 6. The van der Waals surface area contributed by atoms with Crippen molar-refractivity contribution in [1.82, 2.24) is 24.8 Å². The summed E-state index contributed by atoms with van der Waals surface area (Å²) >= 11 is 0. The van der Waals surface area contributed by atoms with Crippen molar-refractivity contribution in [2.24, 2.45) is 5.41 Å². The largest absolute Gasteiger partial charge is 0.475 e. The fourth-order valence-electron chi connectivity index (χ4n) is 5.41. The van der Waals surface area contributed by atoms with Crippen LogP contribution < -0.4 is 14.4 Å². The van der Waals surface area contributed by atoms with E-state index >= 15 is 0 Å². The van der Waals surface area contributed by atoms with E-state index in [9.17, 15) is 13.2 Å². The second-order valence-electron chi connectivity index (χ2n) is 12.7. The summed E-state index contributed by atoms with van der Waals surface area (Å²) in [4.78, 5) is 35.9. The van der Waals surface area contributed by atoms with E-state index in [0.29, 0.717) is 23.8 Å². The van der Waals surface area contributed by atoms with Gasteiger partial charge in [0.25, 0.3) is 15.9 Å². The molecule has 0 spiro atoms.